The van der Waals surface area contributed by atoms with Crippen molar-refractivity contribution in [3.8, 4) is 17.6 Å². The van der Waals surface area contributed by atoms with Crippen molar-refractivity contribution < 1.29 is 9.84 Å². The Morgan fingerprint density at radius 1 is 1.50 bits per heavy atom. The van der Waals surface area contributed by atoms with Crippen LogP contribution >= 0.6 is 0 Å². The number of phenols is 1. The van der Waals surface area contributed by atoms with Gasteiger partial charge in [0.15, 0.2) is 11.5 Å². The smallest absolute Gasteiger partial charge is 0.160 e. The largest absolute Gasteiger partial charge is 0.504 e. The first-order valence-electron chi connectivity index (χ1n) is 4.50. The van der Waals surface area contributed by atoms with Crippen LogP contribution in [0.1, 0.15) is 18.4 Å². The number of rotatable bonds is 2. The Labute approximate surface area is 82.6 Å². The minimum absolute atomic E-state index is 0.103. The van der Waals surface area contributed by atoms with Crippen LogP contribution in [-0.4, -0.2) is 12.2 Å². The van der Waals surface area contributed by atoms with E-state index in [2.05, 4.69) is 6.07 Å². The Morgan fingerprint density at radius 3 is 2.64 bits per heavy atom. The molecule has 0 aromatic heterocycles. The number of ether oxygens (including phenoxy) is 1. The number of phenolic OH excluding ortho intramolecular Hbond substituents is 1. The number of hydrogen-bond acceptors (Lipinski definition) is 3. The third kappa shape index (κ3) is 1.20. The highest BCUT2D eigenvalue weighted by atomic mass is 16.5. The minimum Gasteiger partial charge on any atom is -0.504 e. The summed E-state index contributed by atoms with van der Waals surface area (Å²) >= 11 is 0. The highest BCUT2D eigenvalue weighted by molar-refractivity contribution is 5.48. The van der Waals surface area contributed by atoms with Crippen molar-refractivity contribution >= 4 is 0 Å². The lowest BCUT2D eigenvalue weighted by Gasteiger charge is -2.08. The van der Waals surface area contributed by atoms with Crippen LogP contribution in [0.4, 0.5) is 0 Å². The highest BCUT2D eigenvalue weighted by Crippen LogP contribution is 2.48. The summed E-state index contributed by atoms with van der Waals surface area (Å²) in [6.45, 7) is 0. The van der Waals surface area contributed by atoms with Crippen LogP contribution in [0, 0.1) is 11.3 Å². The van der Waals surface area contributed by atoms with Gasteiger partial charge in [-0.25, -0.2) is 0 Å². The van der Waals surface area contributed by atoms with Crippen LogP contribution in [0.2, 0.25) is 0 Å². The molecule has 1 aliphatic rings. The Bertz CT molecular complexity index is 402. The van der Waals surface area contributed by atoms with Crippen LogP contribution in [0.25, 0.3) is 0 Å². The number of aromatic hydroxyl groups is 1. The summed E-state index contributed by atoms with van der Waals surface area (Å²) in [6.07, 6.45) is 1.77. The van der Waals surface area contributed by atoms with Gasteiger partial charge in [0.1, 0.15) is 0 Å². The maximum Gasteiger partial charge on any atom is 0.160 e. The van der Waals surface area contributed by atoms with E-state index in [4.69, 9.17) is 10.00 Å². The fourth-order valence-electron chi connectivity index (χ4n) is 1.58. The summed E-state index contributed by atoms with van der Waals surface area (Å²) in [5.74, 6) is 0.550. The van der Waals surface area contributed by atoms with Gasteiger partial charge in [-0.2, -0.15) is 5.26 Å². The Hall–Kier alpha value is -1.69. The third-order valence-electron chi connectivity index (χ3n) is 2.70. The molecule has 0 spiro atoms. The van der Waals surface area contributed by atoms with Crippen molar-refractivity contribution in [1.82, 2.24) is 0 Å². The fraction of sp³-hybridized carbons (Fsp3) is 0.364. The molecule has 1 N–H and O–H groups in total. The van der Waals surface area contributed by atoms with Gasteiger partial charge in [0.05, 0.1) is 18.6 Å². The van der Waals surface area contributed by atoms with Gasteiger partial charge >= 0.3 is 0 Å². The fourth-order valence-corrected chi connectivity index (χ4v) is 1.58. The summed E-state index contributed by atoms with van der Waals surface area (Å²) in [5.41, 5.74) is 0.544. The quantitative estimate of drug-likeness (QED) is 0.773. The van der Waals surface area contributed by atoms with Crippen LogP contribution in [0.5, 0.6) is 11.5 Å². The van der Waals surface area contributed by atoms with E-state index in [0.717, 1.165) is 18.4 Å². The van der Waals surface area contributed by atoms with E-state index in [1.807, 2.05) is 6.07 Å². The maximum atomic E-state index is 9.54. The van der Waals surface area contributed by atoms with E-state index in [1.54, 1.807) is 12.1 Å². The van der Waals surface area contributed by atoms with Crippen molar-refractivity contribution in [2.75, 3.05) is 7.11 Å². The number of nitriles is 1. The molecule has 1 aliphatic carbocycles. The summed E-state index contributed by atoms with van der Waals surface area (Å²) in [7, 11) is 1.51. The summed E-state index contributed by atoms with van der Waals surface area (Å²) in [4.78, 5) is 0. The monoisotopic (exact) mass is 189 g/mol. The number of benzene rings is 1. The normalized spacial score (nSPS) is 17.1. The molecule has 0 atom stereocenters. The second kappa shape index (κ2) is 2.91. The first-order valence-corrected chi connectivity index (χ1v) is 4.50. The molecule has 1 aromatic carbocycles. The van der Waals surface area contributed by atoms with Gasteiger partial charge in [-0.3, -0.25) is 0 Å². The molecule has 0 heterocycles. The lowest BCUT2D eigenvalue weighted by molar-refractivity contribution is 0.373. The first-order chi connectivity index (χ1) is 6.72. The molecule has 3 nitrogen and oxygen atoms in total. The number of nitrogens with zero attached hydrogens (tertiary/aromatic N) is 1. The van der Waals surface area contributed by atoms with E-state index >= 15 is 0 Å². The maximum absolute atomic E-state index is 9.54. The van der Waals surface area contributed by atoms with E-state index in [1.165, 1.54) is 7.11 Å². The van der Waals surface area contributed by atoms with Gasteiger partial charge in [-0.15, -0.1) is 0 Å². The molecular formula is C11H11NO2. The topological polar surface area (TPSA) is 53.2 Å². The first kappa shape index (κ1) is 8.89. The van der Waals surface area contributed by atoms with Crippen molar-refractivity contribution in [3.63, 3.8) is 0 Å². The Kier molecular flexibility index (Phi) is 1.85. The number of hydrogen-bond donors (Lipinski definition) is 1. The second-order valence-electron chi connectivity index (χ2n) is 3.58. The summed E-state index contributed by atoms with van der Waals surface area (Å²) in [5, 5.41) is 18.5. The van der Waals surface area contributed by atoms with Crippen molar-refractivity contribution in [3.05, 3.63) is 23.8 Å². The van der Waals surface area contributed by atoms with Gasteiger partial charge in [-0.1, -0.05) is 6.07 Å². The van der Waals surface area contributed by atoms with Crippen LogP contribution in [0.15, 0.2) is 18.2 Å². The molecule has 72 valence electrons. The second-order valence-corrected chi connectivity index (χ2v) is 3.58. The average Bonchev–Trinajstić information content (AvgIpc) is 2.98. The van der Waals surface area contributed by atoms with E-state index in [9.17, 15) is 5.11 Å². The SMILES string of the molecule is COc1ccc(C2(C#N)CC2)cc1O. The zero-order valence-electron chi connectivity index (χ0n) is 7.95. The molecule has 0 unspecified atom stereocenters. The molecule has 14 heavy (non-hydrogen) atoms. The molecule has 3 heteroatoms. The van der Waals surface area contributed by atoms with Gasteiger partial charge in [0.2, 0.25) is 0 Å². The van der Waals surface area contributed by atoms with Crippen LogP contribution in [0.3, 0.4) is 0 Å². The van der Waals surface area contributed by atoms with Crippen molar-refractivity contribution in [2.24, 2.45) is 0 Å². The highest BCUT2D eigenvalue weighted by Gasteiger charge is 2.45. The molecule has 0 aliphatic heterocycles. The standard InChI is InChI=1S/C11H11NO2/c1-14-10-3-2-8(6-9(10)13)11(7-12)4-5-11/h2-3,6,13H,4-5H2,1H3. The van der Waals surface area contributed by atoms with E-state index in [-0.39, 0.29) is 11.2 Å². The molecule has 0 bridgehead atoms. The zero-order valence-corrected chi connectivity index (χ0v) is 7.95. The lowest BCUT2D eigenvalue weighted by atomic mass is 9.97. The van der Waals surface area contributed by atoms with Gasteiger partial charge in [0.25, 0.3) is 0 Å². The predicted molar refractivity (Wildman–Crippen MR) is 51.2 cm³/mol. The lowest BCUT2D eigenvalue weighted by Crippen LogP contribution is -2.02. The van der Waals surface area contributed by atoms with Gasteiger partial charge in [0, 0.05) is 0 Å². The molecule has 1 saturated carbocycles. The Balaban J connectivity index is 2.39. The van der Waals surface area contributed by atoms with Crippen molar-refractivity contribution in [1.29, 1.82) is 5.26 Å². The third-order valence-corrected chi connectivity index (χ3v) is 2.70. The van der Waals surface area contributed by atoms with Gasteiger partial charge in [-0.05, 0) is 30.5 Å². The van der Waals surface area contributed by atoms with E-state index < -0.39 is 0 Å². The van der Waals surface area contributed by atoms with Crippen LogP contribution < -0.4 is 4.74 Å². The summed E-state index contributed by atoms with van der Waals surface area (Å²) < 4.78 is 4.93. The predicted octanol–water partition coefficient (Wildman–Crippen LogP) is 1.96. The molecular weight excluding hydrogens is 178 g/mol. The Morgan fingerprint density at radius 2 is 2.21 bits per heavy atom. The molecule has 0 saturated heterocycles. The van der Waals surface area contributed by atoms with E-state index in [0.29, 0.717) is 5.75 Å². The molecule has 0 amide bonds. The number of methoxy groups -OCH3 is 1. The average molecular weight is 189 g/mol. The molecule has 1 fully saturated rings. The molecule has 0 radical (unpaired) electrons. The van der Waals surface area contributed by atoms with Crippen LogP contribution in [-0.2, 0) is 5.41 Å². The van der Waals surface area contributed by atoms with Gasteiger partial charge < -0.3 is 9.84 Å². The minimum atomic E-state index is -0.344. The zero-order chi connectivity index (χ0) is 10.2. The molecule has 2 rings (SSSR count). The van der Waals surface area contributed by atoms with Crippen molar-refractivity contribution in [2.45, 2.75) is 18.3 Å². The summed E-state index contributed by atoms with van der Waals surface area (Å²) in [6, 6.07) is 7.44. The molecule has 1 aromatic rings.